The third-order valence-corrected chi connectivity index (χ3v) is 5.10. The zero-order valence-corrected chi connectivity index (χ0v) is 13.7. The zero-order chi connectivity index (χ0) is 16.3. The Hall–Kier alpha value is -2.94. The molecule has 0 saturated heterocycles. The van der Waals surface area contributed by atoms with E-state index in [1.165, 1.54) is 22.1 Å². The summed E-state index contributed by atoms with van der Waals surface area (Å²) >= 11 is 0. The van der Waals surface area contributed by atoms with Gasteiger partial charge in [0, 0.05) is 17.8 Å². The molecule has 1 aliphatic rings. The Morgan fingerprint density at radius 1 is 0.750 bits per heavy atom. The van der Waals surface area contributed by atoms with Crippen molar-refractivity contribution in [3.05, 3.63) is 66.7 Å². The minimum absolute atomic E-state index is 0.237. The molecule has 0 spiro atoms. The van der Waals surface area contributed by atoms with Crippen molar-refractivity contribution in [2.24, 2.45) is 0 Å². The first-order valence-electron chi connectivity index (χ1n) is 8.27. The van der Waals surface area contributed by atoms with E-state index >= 15 is 0 Å². The molecule has 3 aromatic carbocycles. The van der Waals surface area contributed by atoms with Crippen molar-refractivity contribution in [3.63, 3.8) is 0 Å². The molecule has 1 atom stereocenters. The number of fused-ring (bicyclic) bond motifs is 4. The van der Waals surface area contributed by atoms with Crippen molar-refractivity contribution < 1.29 is 4.42 Å². The number of hydrogen-bond donors (Lipinski definition) is 0. The van der Waals surface area contributed by atoms with Gasteiger partial charge in [-0.2, -0.15) is 0 Å². The van der Waals surface area contributed by atoms with Gasteiger partial charge in [-0.1, -0.05) is 42.5 Å². The molecule has 118 valence electrons. The lowest BCUT2D eigenvalue weighted by atomic mass is 10.1. The Morgan fingerprint density at radius 2 is 1.42 bits per heavy atom. The third-order valence-electron chi connectivity index (χ3n) is 5.10. The van der Waals surface area contributed by atoms with Crippen LogP contribution in [-0.2, 0) is 0 Å². The van der Waals surface area contributed by atoms with Gasteiger partial charge in [-0.25, -0.2) is 0 Å². The van der Waals surface area contributed by atoms with E-state index in [9.17, 15) is 0 Å². The number of para-hydroxylation sites is 4. The molecule has 0 aliphatic carbocycles. The quantitative estimate of drug-likeness (QED) is 0.461. The van der Waals surface area contributed by atoms with Crippen LogP contribution in [-0.4, -0.2) is 13.2 Å². The number of rotatable bonds is 1. The first kappa shape index (κ1) is 13.5. The predicted octanol–water partition coefficient (Wildman–Crippen LogP) is 5.52. The van der Waals surface area contributed by atoms with Crippen LogP contribution in [0.5, 0.6) is 0 Å². The number of furan rings is 1. The molecule has 1 aliphatic heterocycles. The lowest BCUT2D eigenvalue weighted by molar-refractivity contribution is 0.662. The highest BCUT2D eigenvalue weighted by atomic mass is 16.3. The van der Waals surface area contributed by atoms with Crippen LogP contribution in [0.2, 0.25) is 0 Å². The van der Waals surface area contributed by atoms with Gasteiger partial charge in [-0.3, -0.25) is 0 Å². The van der Waals surface area contributed by atoms with Crippen LogP contribution in [0.15, 0.2) is 71.1 Å². The van der Waals surface area contributed by atoms with E-state index in [0.717, 1.165) is 16.9 Å². The summed E-state index contributed by atoms with van der Waals surface area (Å²) in [7, 11) is 2.14. The third kappa shape index (κ3) is 1.67. The van der Waals surface area contributed by atoms with Crippen LogP contribution >= 0.6 is 0 Å². The first-order chi connectivity index (χ1) is 11.8. The second-order valence-electron chi connectivity index (χ2n) is 6.35. The van der Waals surface area contributed by atoms with E-state index in [4.69, 9.17) is 4.42 Å². The standard InChI is InChI=1S/C21H18N2O/c1-14-22(2)17-10-4-5-11-18(17)23(14)19-12-7-9-16-15-8-3-6-13-20(15)24-21(16)19/h3-14H,1-2H3. The maximum absolute atomic E-state index is 6.23. The fourth-order valence-corrected chi connectivity index (χ4v) is 3.79. The molecule has 0 radical (unpaired) electrons. The fourth-order valence-electron chi connectivity index (χ4n) is 3.79. The summed E-state index contributed by atoms with van der Waals surface area (Å²) in [6, 6.07) is 23.2. The average Bonchev–Trinajstić information content (AvgIpc) is 3.12. The van der Waals surface area contributed by atoms with Crippen molar-refractivity contribution in [1.29, 1.82) is 0 Å². The molecule has 24 heavy (non-hydrogen) atoms. The van der Waals surface area contributed by atoms with Crippen molar-refractivity contribution >= 4 is 39.0 Å². The smallest absolute Gasteiger partial charge is 0.159 e. The molecular weight excluding hydrogens is 296 g/mol. The number of nitrogens with zero attached hydrogens (tertiary/aromatic N) is 2. The van der Waals surface area contributed by atoms with E-state index < -0.39 is 0 Å². The fraction of sp³-hybridized carbons (Fsp3) is 0.143. The van der Waals surface area contributed by atoms with E-state index in [-0.39, 0.29) is 6.17 Å². The molecule has 3 heteroatoms. The van der Waals surface area contributed by atoms with Gasteiger partial charge in [-0.15, -0.1) is 0 Å². The summed E-state index contributed by atoms with van der Waals surface area (Å²) in [5.74, 6) is 0. The van der Waals surface area contributed by atoms with Gasteiger partial charge in [0.05, 0.1) is 17.1 Å². The van der Waals surface area contributed by atoms with Crippen LogP contribution < -0.4 is 9.80 Å². The first-order valence-corrected chi connectivity index (χ1v) is 8.27. The van der Waals surface area contributed by atoms with Crippen molar-refractivity contribution in [1.82, 2.24) is 0 Å². The minimum Gasteiger partial charge on any atom is -0.454 e. The highest BCUT2D eigenvalue weighted by Crippen LogP contribution is 2.46. The van der Waals surface area contributed by atoms with Crippen molar-refractivity contribution in [2.75, 3.05) is 16.8 Å². The number of benzene rings is 3. The molecule has 0 saturated carbocycles. The zero-order valence-electron chi connectivity index (χ0n) is 13.7. The van der Waals surface area contributed by atoms with Crippen LogP contribution in [0.1, 0.15) is 6.92 Å². The van der Waals surface area contributed by atoms with Crippen molar-refractivity contribution in [2.45, 2.75) is 13.1 Å². The van der Waals surface area contributed by atoms with Crippen LogP contribution in [0, 0.1) is 0 Å². The van der Waals surface area contributed by atoms with Gasteiger partial charge in [0.25, 0.3) is 0 Å². The number of hydrogen-bond acceptors (Lipinski definition) is 3. The lowest BCUT2D eigenvalue weighted by Gasteiger charge is -2.27. The van der Waals surface area contributed by atoms with E-state index in [2.05, 4.69) is 78.4 Å². The van der Waals surface area contributed by atoms with Crippen molar-refractivity contribution in [3.8, 4) is 0 Å². The normalized spacial score (nSPS) is 17.0. The van der Waals surface area contributed by atoms with Gasteiger partial charge < -0.3 is 14.2 Å². The van der Waals surface area contributed by atoms with Gasteiger partial charge >= 0.3 is 0 Å². The Balaban J connectivity index is 1.81. The highest BCUT2D eigenvalue weighted by molar-refractivity contribution is 6.10. The molecule has 0 bridgehead atoms. The SMILES string of the molecule is CC1N(C)c2ccccc2N1c1cccc2c1oc1ccccc12. The van der Waals surface area contributed by atoms with Crippen LogP contribution in [0.4, 0.5) is 17.1 Å². The van der Waals surface area contributed by atoms with Crippen LogP contribution in [0.3, 0.4) is 0 Å². The second-order valence-corrected chi connectivity index (χ2v) is 6.35. The Morgan fingerprint density at radius 3 is 2.29 bits per heavy atom. The Labute approximate surface area is 140 Å². The summed E-state index contributed by atoms with van der Waals surface area (Å²) in [4.78, 5) is 4.66. The maximum atomic E-state index is 6.23. The summed E-state index contributed by atoms with van der Waals surface area (Å²) < 4.78 is 6.23. The number of anilines is 3. The van der Waals surface area contributed by atoms with E-state index in [1.54, 1.807) is 0 Å². The largest absolute Gasteiger partial charge is 0.454 e. The van der Waals surface area contributed by atoms with Gasteiger partial charge in [0.2, 0.25) is 0 Å². The minimum atomic E-state index is 0.237. The second kappa shape index (κ2) is 4.78. The lowest BCUT2D eigenvalue weighted by Crippen LogP contribution is -2.35. The van der Waals surface area contributed by atoms with Gasteiger partial charge in [0.15, 0.2) is 5.58 Å². The molecular formula is C21H18N2O. The summed E-state index contributed by atoms with van der Waals surface area (Å²) in [6.45, 7) is 2.22. The summed E-state index contributed by atoms with van der Waals surface area (Å²) in [5.41, 5.74) is 5.48. The predicted molar refractivity (Wildman–Crippen MR) is 100 cm³/mol. The molecule has 5 rings (SSSR count). The maximum Gasteiger partial charge on any atom is 0.159 e. The molecule has 1 aromatic heterocycles. The van der Waals surface area contributed by atoms with E-state index in [0.29, 0.717) is 0 Å². The molecule has 0 N–H and O–H groups in total. The average molecular weight is 314 g/mol. The molecule has 0 fully saturated rings. The topological polar surface area (TPSA) is 19.6 Å². The van der Waals surface area contributed by atoms with Gasteiger partial charge in [0.1, 0.15) is 11.7 Å². The van der Waals surface area contributed by atoms with E-state index in [1.807, 2.05) is 12.1 Å². The molecule has 0 amide bonds. The molecule has 2 heterocycles. The molecule has 4 aromatic rings. The molecule has 1 unspecified atom stereocenters. The Bertz CT molecular complexity index is 1070. The summed E-state index contributed by atoms with van der Waals surface area (Å²) in [6.07, 6.45) is 0.237. The highest BCUT2D eigenvalue weighted by Gasteiger charge is 2.32. The Kier molecular flexibility index (Phi) is 2.69. The monoisotopic (exact) mass is 314 g/mol. The van der Waals surface area contributed by atoms with Crippen LogP contribution in [0.25, 0.3) is 21.9 Å². The van der Waals surface area contributed by atoms with Gasteiger partial charge in [-0.05, 0) is 31.2 Å². The summed E-state index contributed by atoms with van der Waals surface area (Å²) in [5, 5.41) is 2.34. The molecule has 3 nitrogen and oxygen atoms in total.